The van der Waals surface area contributed by atoms with Crippen molar-refractivity contribution >= 4 is 27.3 Å². The molecule has 0 saturated carbocycles. The summed E-state index contributed by atoms with van der Waals surface area (Å²) in [6.07, 6.45) is 0. The normalized spacial score (nSPS) is 11.3. The Kier molecular flexibility index (Phi) is 5.84. The Labute approximate surface area is 175 Å². The number of amides is 1. The lowest BCUT2D eigenvalue weighted by Gasteiger charge is -2.18. The minimum atomic E-state index is -3.39. The number of aromatic nitrogens is 2. The van der Waals surface area contributed by atoms with E-state index in [-0.39, 0.29) is 17.0 Å². The molecule has 0 aliphatic rings. The molecule has 0 spiro atoms. The second kappa shape index (κ2) is 8.19. The summed E-state index contributed by atoms with van der Waals surface area (Å²) in [7, 11) is -0.173. The van der Waals surface area contributed by atoms with Crippen molar-refractivity contribution in [2.75, 3.05) is 22.4 Å². The summed E-state index contributed by atoms with van der Waals surface area (Å²) >= 11 is 0. The summed E-state index contributed by atoms with van der Waals surface area (Å²) in [5.41, 5.74) is 1.94. The summed E-state index contributed by atoms with van der Waals surface area (Å²) in [5, 5.41) is 2.69. The molecule has 0 aliphatic carbocycles. The van der Waals surface area contributed by atoms with Gasteiger partial charge in [-0.15, -0.1) is 0 Å². The fraction of sp³-hybridized carbons (Fsp3) is 0.238. The van der Waals surface area contributed by atoms with E-state index in [1.165, 1.54) is 28.2 Å². The summed E-state index contributed by atoms with van der Waals surface area (Å²) in [6.45, 7) is 3.32. The molecular weight excluding hydrogens is 404 g/mol. The average Bonchev–Trinajstić information content (AvgIpc) is 2.97. The first-order valence-corrected chi connectivity index (χ1v) is 11.0. The molecule has 3 aromatic rings. The van der Waals surface area contributed by atoms with E-state index in [4.69, 9.17) is 0 Å². The number of sulfonamides is 1. The van der Waals surface area contributed by atoms with Crippen molar-refractivity contribution in [3.8, 4) is 5.69 Å². The van der Waals surface area contributed by atoms with Crippen molar-refractivity contribution in [3.63, 3.8) is 0 Å². The van der Waals surface area contributed by atoms with Crippen LogP contribution in [0.2, 0.25) is 0 Å². The van der Waals surface area contributed by atoms with Gasteiger partial charge in [-0.25, -0.2) is 13.1 Å². The van der Waals surface area contributed by atoms with Crippen LogP contribution in [0.1, 0.15) is 23.0 Å². The van der Waals surface area contributed by atoms with Crippen LogP contribution in [0.25, 0.3) is 5.69 Å². The molecule has 1 heterocycles. The van der Waals surface area contributed by atoms with Crippen LogP contribution in [-0.2, 0) is 17.1 Å². The van der Waals surface area contributed by atoms with E-state index in [0.717, 1.165) is 0 Å². The third kappa shape index (κ3) is 3.88. The molecule has 0 bridgehead atoms. The number of carbonyl (C=O) groups excluding carboxylic acids is 1. The highest BCUT2D eigenvalue weighted by molar-refractivity contribution is 7.92. The Morgan fingerprint density at radius 1 is 1.07 bits per heavy atom. The standard InChI is InChI=1S/C21H24N4O4S/c1-5-30(28,29)24(4)17-13-11-16(12-14-17)20(26)22-19-15(2)23(3)25(21(19)27)18-9-7-6-8-10-18/h6-14H,5H2,1-4H3,(H,22,26). The Bertz CT molecular complexity index is 1230. The van der Waals surface area contributed by atoms with Gasteiger partial charge in [0.25, 0.3) is 11.5 Å². The van der Waals surface area contributed by atoms with Gasteiger partial charge in [0.05, 0.1) is 22.8 Å². The third-order valence-electron chi connectivity index (χ3n) is 5.07. The van der Waals surface area contributed by atoms with Gasteiger partial charge in [0.15, 0.2) is 0 Å². The molecule has 9 heteroatoms. The predicted molar refractivity (Wildman–Crippen MR) is 118 cm³/mol. The van der Waals surface area contributed by atoms with Crippen LogP contribution >= 0.6 is 0 Å². The van der Waals surface area contributed by atoms with E-state index in [0.29, 0.717) is 22.6 Å². The topological polar surface area (TPSA) is 93.4 Å². The number of nitrogens with one attached hydrogen (secondary N) is 1. The largest absolute Gasteiger partial charge is 0.316 e. The van der Waals surface area contributed by atoms with Crippen LogP contribution in [-0.4, -0.2) is 36.5 Å². The quantitative estimate of drug-likeness (QED) is 0.653. The molecule has 8 nitrogen and oxygen atoms in total. The van der Waals surface area contributed by atoms with Gasteiger partial charge in [0.2, 0.25) is 10.0 Å². The zero-order valence-electron chi connectivity index (χ0n) is 17.3. The molecule has 0 atom stereocenters. The summed E-state index contributed by atoms with van der Waals surface area (Å²) in [5.74, 6) is -0.472. The van der Waals surface area contributed by atoms with Gasteiger partial charge in [-0.2, -0.15) is 0 Å². The Hall–Kier alpha value is -3.33. The zero-order chi connectivity index (χ0) is 22.1. The molecule has 1 N–H and O–H groups in total. The van der Waals surface area contributed by atoms with Gasteiger partial charge in [0.1, 0.15) is 5.69 Å². The first-order valence-electron chi connectivity index (χ1n) is 9.39. The maximum Gasteiger partial charge on any atom is 0.295 e. The molecule has 1 amide bonds. The second-order valence-electron chi connectivity index (χ2n) is 6.81. The van der Waals surface area contributed by atoms with Crippen LogP contribution in [0.5, 0.6) is 0 Å². The molecule has 0 radical (unpaired) electrons. The molecule has 2 aromatic carbocycles. The monoisotopic (exact) mass is 428 g/mol. The number of para-hydroxylation sites is 1. The van der Waals surface area contributed by atoms with Crippen LogP contribution in [0.4, 0.5) is 11.4 Å². The lowest BCUT2D eigenvalue weighted by Crippen LogP contribution is -2.28. The first kappa shape index (κ1) is 21.4. The number of hydrogen-bond donors (Lipinski definition) is 1. The lowest BCUT2D eigenvalue weighted by atomic mass is 10.2. The minimum Gasteiger partial charge on any atom is -0.316 e. The molecule has 0 fully saturated rings. The molecule has 0 saturated heterocycles. The minimum absolute atomic E-state index is 0.0211. The SMILES string of the molecule is CCS(=O)(=O)N(C)c1ccc(C(=O)Nc2c(C)n(C)n(-c3ccccc3)c2=O)cc1. The maximum atomic E-state index is 12.9. The van der Waals surface area contributed by atoms with E-state index in [1.54, 1.807) is 37.7 Å². The van der Waals surface area contributed by atoms with Gasteiger partial charge in [-0.1, -0.05) is 18.2 Å². The number of hydrogen-bond acceptors (Lipinski definition) is 4. The van der Waals surface area contributed by atoms with Crippen LogP contribution < -0.4 is 15.2 Å². The number of carbonyl (C=O) groups is 1. The first-order chi connectivity index (χ1) is 14.2. The van der Waals surface area contributed by atoms with E-state index < -0.39 is 15.9 Å². The predicted octanol–water partition coefficient (Wildman–Crippen LogP) is 2.52. The molecule has 158 valence electrons. The van der Waals surface area contributed by atoms with E-state index in [2.05, 4.69) is 5.32 Å². The number of nitrogens with zero attached hydrogens (tertiary/aromatic N) is 3. The Balaban J connectivity index is 1.88. The zero-order valence-corrected chi connectivity index (χ0v) is 18.1. The van der Waals surface area contributed by atoms with E-state index >= 15 is 0 Å². The van der Waals surface area contributed by atoms with Gasteiger partial charge in [0, 0.05) is 19.7 Å². The van der Waals surface area contributed by atoms with Crippen molar-refractivity contribution in [1.29, 1.82) is 0 Å². The van der Waals surface area contributed by atoms with Gasteiger partial charge in [-0.05, 0) is 50.2 Å². The fourth-order valence-electron chi connectivity index (χ4n) is 3.07. The smallest absolute Gasteiger partial charge is 0.295 e. The van der Waals surface area contributed by atoms with Crippen molar-refractivity contribution in [1.82, 2.24) is 9.36 Å². The number of anilines is 2. The fourth-order valence-corrected chi connectivity index (χ4v) is 3.91. The highest BCUT2D eigenvalue weighted by Gasteiger charge is 2.20. The highest BCUT2D eigenvalue weighted by atomic mass is 32.2. The van der Waals surface area contributed by atoms with E-state index in [1.807, 2.05) is 30.3 Å². The van der Waals surface area contributed by atoms with E-state index in [9.17, 15) is 18.0 Å². The lowest BCUT2D eigenvalue weighted by molar-refractivity contribution is 0.102. The van der Waals surface area contributed by atoms with Gasteiger partial charge in [-0.3, -0.25) is 18.6 Å². The van der Waals surface area contributed by atoms with Crippen LogP contribution in [0.3, 0.4) is 0 Å². The average molecular weight is 429 g/mol. The summed E-state index contributed by atoms with van der Waals surface area (Å²) < 4.78 is 28.3. The van der Waals surface area contributed by atoms with Crippen molar-refractivity contribution < 1.29 is 13.2 Å². The Morgan fingerprint density at radius 2 is 1.67 bits per heavy atom. The van der Waals surface area contributed by atoms with Crippen molar-refractivity contribution in [3.05, 3.63) is 76.2 Å². The number of benzene rings is 2. The molecule has 3 rings (SSSR count). The van der Waals surface area contributed by atoms with Gasteiger partial charge >= 0.3 is 0 Å². The van der Waals surface area contributed by atoms with Crippen LogP contribution in [0, 0.1) is 6.92 Å². The summed E-state index contributed by atoms with van der Waals surface area (Å²) in [6, 6.07) is 15.3. The molecular formula is C21H24N4O4S. The molecule has 1 aromatic heterocycles. The van der Waals surface area contributed by atoms with Crippen molar-refractivity contribution in [2.24, 2.45) is 7.05 Å². The van der Waals surface area contributed by atoms with Crippen LogP contribution in [0.15, 0.2) is 59.4 Å². The third-order valence-corrected chi connectivity index (χ3v) is 6.84. The second-order valence-corrected chi connectivity index (χ2v) is 9.09. The van der Waals surface area contributed by atoms with Gasteiger partial charge < -0.3 is 5.32 Å². The molecule has 0 aliphatic heterocycles. The van der Waals surface area contributed by atoms with Crippen molar-refractivity contribution in [2.45, 2.75) is 13.8 Å². The Morgan fingerprint density at radius 3 is 2.23 bits per heavy atom. The highest BCUT2D eigenvalue weighted by Crippen LogP contribution is 2.19. The number of rotatable bonds is 6. The molecule has 30 heavy (non-hydrogen) atoms. The summed E-state index contributed by atoms with van der Waals surface area (Å²) in [4.78, 5) is 25.6. The maximum absolute atomic E-state index is 12.9. The molecule has 0 unspecified atom stereocenters.